The predicted octanol–water partition coefficient (Wildman–Crippen LogP) is 4.13. The summed E-state index contributed by atoms with van der Waals surface area (Å²) in [5.41, 5.74) is 4.50. The Morgan fingerprint density at radius 3 is 2.39 bits per heavy atom. The summed E-state index contributed by atoms with van der Waals surface area (Å²) >= 11 is 0. The smallest absolute Gasteiger partial charge is 0.160 e. The van der Waals surface area contributed by atoms with E-state index < -0.39 is 0 Å². The van der Waals surface area contributed by atoms with Gasteiger partial charge in [0.05, 0.1) is 0 Å². The van der Waals surface area contributed by atoms with Gasteiger partial charge in [0, 0.05) is 23.9 Å². The fraction of sp³-hybridized carbons (Fsp3) is 0.438. The first-order valence-electron chi connectivity index (χ1n) is 6.72. The standard InChI is InChI=1S/C16H21NO/c1-12-8-13(2)10-15(9-12)17-11-14-6-4-3-5-7-16(14)18/h8-11,17H,3-7H2,1-2H3. The van der Waals surface area contributed by atoms with E-state index in [1.807, 2.05) is 6.20 Å². The second kappa shape index (κ2) is 5.85. The van der Waals surface area contributed by atoms with Gasteiger partial charge in [0.25, 0.3) is 0 Å². The Labute approximate surface area is 109 Å². The van der Waals surface area contributed by atoms with E-state index in [1.165, 1.54) is 17.5 Å². The zero-order valence-electron chi connectivity index (χ0n) is 11.3. The molecule has 1 aliphatic carbocycles. The Morgan fingerprint density at radius 2 is 1.67 bits per heavy atom. The van der Waals surface area contributed by atoms with Gasteiger partial charge in [0.2, 0.25) is 0 Å². The molecule has 0 unspecified atom stereocenters. The molecule has 1 N–H and O–H groups in total. The molecule has 1 saturated carbocycles. The molecule has 1 aromatic carbocycles. The Kier molecular flexibility index (Phi) is 4.19. The van der Waals surface area contributed by atoms with Gasteiger partial charge in [-0.2, -0.15) is 0 Å². The van der Waals surface area contributed by atoms with Crippen LogP contribution in [0, 0.1) is 13.8 Å². The molecule has 1 fully saturated rings. The van der Waals surface area contributed by atoms with Crippen LogP contribution in [0.25, 0.3) is 0 Å². The maximum atomic E-state index is 11.9. The van der Waals surface area contributed by atoms with Crippen LogP contribution in [0.1, 0.15) is 43.2 Å². The second-order valence-electron chi connectivity index (χ2n) is 5.17. The molecular formula is C16H21NO. The monoisotopic (exact) mass is 243 g/mol. The molecule has 2 nitrogen and oxygen atoms in total. The average Bonchev–Trinajstić information content (AvgIpc) is 2.50. The summed E-state index contributed by atoms with van der Waals surface area (Å²) < 4.78 is 0. The first kappa shape index (κ1) is 12.9. The molecule has 96 valence electrons. The number of ketones is 1. The number of anilines is 1. The van der Waals surface area contributed by atoms with Crippen molar-refractivity contribution in [2.24, 2.45) is 0 Å². The number of aryl methyl sites for hydroxylation is 2. The van der Waals surface area contributed by atoms with E-state index in [1.54, 1.807) is 0 Å². The molecule has 0 heterocycles. The lowest BCUT2D eigenvalue weighted by molar-refractivity contribution is -0.115. The lowest BCUT2D eigenvalue weighted by Gasteiger charge is -2.07. The topological polar surface area (TPSA) is 29.1 Å². The summed E-state index contributed by atoms with van der Waals surface area (Å²) in [5.74, 6) is 0.310. The SMILES string of the molecule is Cc1cc(C)cc(NC=C2CCCCCC2=O)c1. The number of Topliss-reactive ketones (excluding diaryl/α,β-unsaturated/α-hetero) is 1. The summed E-state index contributed by atoms with van der Waals surface area (Å²) in [7, 11) is 0. The van der Waals surface area contributed by atoms with Gasteiger partial charge in [-0.1, -0.05) is 12.5 Å². The Balaban J connectivity index is 2.10. The van der Waals surface area contributed by atoms with Gasteiger partial charge < -0.3 is 5.32 Å². The van der Waals surface area contributed by atoms with Crippen LogP contribution in [0.2, 0.25) is 0 Å². The molecule has 0 atom stereocenters. The van der Waals surface area contributed by atoms with E-state index in [4.69, 9.17) is 0 Å². The zero-order valence-corrected chi connectivity index (χ0v) is 11.3. The fourth-order valence-corrected chi connectivity index (χ4v) is 2.46. The highest BCUT2D eigenvalue weighted by atomic mass is 16.1. The van der Waals surface area contributed by atoms with Crippen LogP contribution in [0.15, 0.2) is 30.0 Å². The van der Waals surface area contributed by atoms with Crippen LogP contribution in [-0.4, -0.2) is 5.78 Å². The van der Waals surface area contributed by atoms with E-state index in [0.29, 0.717) is 12.2 Å². The van der Waals surface area contributed by atoms with Gasteiger partial charge in [-0.15, -0.1) is 0 Å². The summed E-state index contributed by atoms with van der Waals surface area (Å²) in [6.45, 7) is 4.17. The predicted molar refractivity (Wildman–Crippen MR) is 75.7 cm³/mol. The minimum atomic E-state index is 0.310. The molecule has 0 amide bonds. The average molecular weight is 243 g/mol. The van der Waals surface area contributed by atoms with Crippen LogP contribution in [0.5, 0.6) is 0 Å². The molecular weight excluding hydrogens is 222 g/mol. The third-order valence-corrected chi connectivity index (χ3v) is 3.34. The summed E-state index contributed by atoms with van der Waals surface area (Å²) in [4.78, 5) is 11.9. The highest BCUT2D eigenvalue weighted by Crippen LogP contribution is 2.20. The number of carbonyl (C=O) groups is 1. The first-order valence-corrected chi connectivity index (χ1v) is 6.72. The van der Waals surface area contributed by atoms with Crippen molar-refractivity contribution in [2.75, 3.05) is 5.32 Å². The lowest BCUT2D eigenvalue weighted by atomic mass is 10.1. The van der Waals surface area contributed by atoms with Crippen molar-refractivity contribution in [3.05, 3.63) is 41.1 Å². The fourth-order valence-electron chi connectivity index (χ4n) is 2.46. The molecule has 2 rings (SSSR count). The zero-order chi connectivity index (χ0) is 13.0. The van der Waals surface area contributed by atoms with Crippen LogP contribution in [-0.2, 0) is 4.79 Å². The number of nitrogens with one attached hydrogen (secondary N) is 1. The van der Waals surface area contributed by atoms with Gasteiger partial charge in [-0.3, -0.25) is 4.79 Å². The molecule has 0 bridgehead atoms. The molecule has 0 aromatic heterocycles. The van der Waals surface area contributed by atoms with E-state index in [9.17, 15) is 4.79 Å². The van der Waals surface area contributed by atoms with Crippen molar-refractivity contribution in [2.45, 2.75) is 46.0 Å². The molecule has 0 spiro atoms. The van der Waals surface area contributed by atoms with E-state index in [2.05, 4.69) is 37.4 Å². The summed E-state index contributed by atoms with van der Waals surface area (Å²) in [6.07, 6.45) is 6.87. The van der Waals surface area contributed by atoms with Crippen molar-refractivity contribution >= 4 is 11.5 Å². The molecule has 1 aliphatic rings. The van der Waals surface area contributed by atoms with Crippen LogP contribution in [0.4, 0.5) is 5.69 Å². The highest BCUT2D eigenvalue weighted by Gasteiger charge is 2.12. The third kappa shape index (κ3) is 3.46. The summed E-state index contributed by atoms with van der Waals surface area (Å²) in [6, 6.07) is 6.35. The van der Waals surface area contributed by atoms with Crippen molar-refractivity contribution in [1.82, 2.24) is 0 Å². The van der Waals surface area contributed by atoms with Gasteiger partial charge in [0.1, 0.15) is 0 Å². The quantitative estimate of drug-likeness (QED) is 0.625. The van der Waals surface area contributed by atoms with Gasteiger partial charge >= 0.3 is 0 Å². The van der Waals surface area contributed by atoms with Crippen molar-refractivity contribution in [3.8, 4) is 0 Å². The van der Waals surface area contributed by atoms with Gasteiger partial charge in [-0.05, 0) is 56.4 Å². The maximum Gasteiger partial charge on any atom is 0.160 e. The van der Waals surface area contributed by atoms with Gasteiger partial charge in [-0.25, -0.2) is 0 Å². The normalized spacial score (nSPS) is 18.8. The van der Waals surface area contributed by atoms with Crippen molar-refractivity contribution in [1.29, 1.82) is 0 Å². The number of benzene rings is 1. The molecule has 0 radical (unpaired) electrons. The second-order valence-corrected chi connectivity index (χ2v) is 5.17. The Bertz CT molecular complexity index is 454. The number of allylic oxidation sites excluding steroid dienone is 1. The molecule has 1 aromatic rings. The largest absolute Gasteiger partial charge is 0.361 e. The molecule has 18 heavy (non-hydrogen) atoms. The van der Waals surface area contributed by atoms with E-state index >= 15 is 0 Å². The number of carbonyl (C=O) groups excluding carboxylic acids is 1. The Morgan fingerprint density at radius 1 is 1.00 bits per heavy atom. The third-order valence-electron chi connectivity index (χ3n) is 3.34. The van der Waals surface area contributed by atoms with Crippen LogP contribution >= 0.6 is 0 Å². The Hall–Kier alpha value is -1.57. The molecule has 0 saturated heterocycles. The molecule has 2 heteroatoms. The minimum Gasteiger partial charge on any atom is -0.361 e. The number of hydrogen-bond acceptors (Lipinski definition) is 2. The molecule has 0 aliphatic heterocycles. The van der Waals surface area contributed by atoms with Crippen LogP contribution in [0.3, 0.4) is 0 Å². The first-order chi connectivity index (χ1) is 8.65. The van der Waals surface area contributed by atoms with Crippen molar-refractivity contribution < 1.29 is 4.79 Å². The number of hydrogen-bond donors (Lipinski definition) is 1. The maximum absolute atomic E-state index is 11.9. The lowest BCUT2D eigenvalue weighted by Crippen LogP contribution is -2.02. The number of rotatable bonds is 2. The van der Waals surface area contributed by atoms with E-state index in [-0.39, 0.29) is 0 Å². The van der Waals surface area contributed by atoms with Crippen molar-refractivity contribution in [3.63, 3.8) is 0 Å². The summed E-state index contributed by atoms with van der Waals surface area (Å²) in [5, 5.41) is 3.27. The van der Waals surface area contributed by atoms with Crippen LogP contribution < -0.4 is 5.32 Å². The van der Waals surface area contributed by atoms with E-state index in [0.717, 1.165) is 30.5 Å². The minimum absolute atomic E-state index is 0.310. The van der Waals surface area contributed by atoms with Gasteiger partial charge in [0.15, 0.2) is 5.78 Å². The highest BCUT2D eigenvalue weighted by molar-refractivity contribution is 5.95.